The number of hydrogen-bond acceptors (Lipinski definition) is 5. The number of nitro groups is 1. The highest BCUT2D eigenvalue weighted by Gasteiger charge is 2.12. The lowest BCUT2D eigenvalue weighted by Crippen LogP contribution is -2.28. The van der Waals surface area contributed by atoms with E-state index >= 15 is 0 Å². The van der Waals surface area contributed by atoms with E-state index in [1.54, 1.807) is 42.5 Å². The number of carbonyl (C=O) groups excluding carboxylic acids is 1. The Morgan fingerprint density at radius 1 is 0.893 bits per heavy atom. The summed E-state index contributed by atoms with van der Waals surface area (Å²) in [6, 6.07) is 23.9. The highest BCUT2D eigenvalue weighted by Crippen LogP contribution is 2.13. The van der Waals surface area contributed by atoms with Gasteiger partial charge >= 0.3 is 5.97 Å². The van der Waals surface area contributed by atoms with Gasteiger partial charge in [0.15, 0.2) is 5.84 Å². The van der Waals surface area contributed by atoms with E-state index in [1.807, 2.05) is 30.3 Å². The average molecular weight is 375 g/mol. The summed E-state index contributed by atoms with van der Waals surface area (Å²) in [5.41, 5.74) is 4.47. The van der Waals surface area contributed by atoms with Crippen molar-refractivity contribution in [2.24, 2.45) is 4.99 Å². The third-order valence-corrected chi connectivity index (χ3v) is 3.86. The fourth-order valence-electron chi connectivity index (χ4n) is 2.41. The normalized spacial score (nSPS) is 10.9. The van der Waals surface area contributed by atoms with Crippen molar-refractivity contribution in [2.75, 3.05) is 0 Å². The summed E-state index contributed by atoms with van der Waals surface area (Å²) >= 11 is 0. The summed E-state index contributed by atoms with van der Waals surface area (Å²) in [7, 11) is 0. The molecule has 0 aliphatic carbocycles. The van der Waals surface area contributed by atoms with Crippen LogP contribution in [0.1, 0.15) is 21.5 Å². The lowest BCUT2D eigenvalue weighted by molar-refractivity contribution is -0.384. The largest absolute Gasteiger partial charge is 0.362 e. The predicted octanol–water partition coefficient (Wildman–Crippen LogP) is 3.90. The molecule has 0 fully saturated rings. The Labute approximate surface area is 161 Å². The van der Waals surface area contributed by atoms with Gasteiger partial charge < -0.3 is 4.84 Å². The van der Waals surface area contributed by atoms with E-state index in [0.717, 1.165) is 5.56 Å². The lowest BCUT2D eigenvalue weighted by Gasteiger charge is -2.10. The molecule has 0 aromatic heterocycles. The first-order valence-electron chi connectivity index (χ1n) is 8.49. The molecule has 0 saturated heterocycles. The number of rotatable bonds is 5. The molecule has 140 valence electrons. The maximum atomic E-state index is 12.2. The fourth-order valence-corrected chi connectivity index (χ4v) is 2.41. The van der Waals surface area contributed by atoms with E-state index in [-0.39, 0.29) is 5.69 Å². The molecule has 0 aliphatic heterocycles. The van der Waals surface area contributed by atoms with Gasteiger partial charge in [0.25, 0.3) is 5.69 Å². The van der Waals surface area contributed by atoms with Gasteiger partial charge in [0.1, 0.15) is 0 Å². The molecule has 0 amide bonds. The van der Waals surface area contributed by atoms with Crippen molar-refractivity contribution < 1.29 is 14.6 Å². The van der Waals surface area contributed by atoms with Gasteiger partial charge in [-0.15, -0.1) is 0 Å². The summed E-state index contributed by atoms with van der Waals surface area (Å²) < 4.78 is 0. The van der Waals surface area contributed by atoms with E-state index in [9.17, 15) is 14.9 Å². The number of nitrogens with zero attached hydrogens (tertiary/aromatic N) is 2. The van der Waals surface area contributed by atoms with Crippen LogP contribution < -0.4 is 5.48 Å². The molecule has 3 rings (SSSR count). The molecule has 0 heterocycles. The number of aliphatic imine (C=N–C) groups is 1. The smallest absolute Gasteiger partial charge is 0.336 e. The van der Waals surface area contributed by atoms with Gasteiger partial charge in [0.05, 0.1) is 17.0 Å². The molecule has 7 heteroatoms. The maximum Gasteiger partial charge on any atom is 0.362 e. The average Bonchev–Trinajstić information content (AvgIpc) is 2.75. The second-order valence-corrected chi connectivity index (χ2v) is 5.81. The third kappa shape index (κ3) is 5.01. The maximum absolute atomic E-state index is 12.2. The number of benzene rings is 3. The van der Waals surface area contributed by atoms with E-state index in [4.69, 9.17) is 4.84 Å². The molecular formula is C21H17N3O4. The number of nitrogens with one attached hydrogen (secondary N) is 1. The Morgan fingerprint density at radius 2 is 1.50 bits per heavy atom. The van der Waals surface area contributed by atoms with Gasteiger partial charge in [-0.3, -0.25) is 15.1 Å². The van der Waals surface area contributed by atoms with Crippen LogP contribution in [0.4, 0.5) is 5.69 Å². The minimum Gasteiger partial charge on any atom is -0.336 e. The fraction of sp³-hybridized carbons (Fsp3) is 0.0476. The Morgan fingerprint density at radius 3 is 2.11 bits per heavy atom. The first-order valence-corrected chi connectivity index (χ1v) is 8.49. The van der Waals surface area contributed by atoms with Crippen LogP contribution in [0.5, 0.6) is 0 Å². The zero-order valence-electron chi connectivity index (χ0n) is 14.8. The Hall–Kier alpha value is -4.00. The predicted molar refractivity (Wildman–Crippen MR) is 105 cm³/mol. The van der Waals surface area contributed by atoms with Gasteiger partial charge in [-0.2, -0.15) is 5.48 Å². The Bertz CT molecular complexity index is 972. The van der Waals surface area contributed by atoms with Crippen LogP contribution in [0.15, 0.2) is 89.9 Å². The highest BCUT2D eigenvalue weighted by molar-refractivity contribution is 5.99. The second kappa shape index (κ2) is 9.09. The van der Waals surface area contributed by atoms with E-state index < -0.39 is 10.9 Å². The van der Waals surface area contributed by atoms with Crippen LogP contribution >= 0.6 is 0 Å². The van der Waals surface area contributed by atoms with Crippen LogP contribution in [-0.4, -0.2) is 16.7 Å². The topological polar surface area (TPSA) is 93.8 Å². The highest BCUT2D eigenvalue weighted by atomic mass is 16.7. The molecule has 3 aromatic carbocycles. The number of hydroxylamine groups is 1. The molecule has 3 aromatic rings. The molecule has 1 N–H and O–H groups in total. The van der Waals surface area contributed by atoms with Crippen molar-refractivity contribution in [3.8, 4) is 0 Å². The van der Waals surface area contributed by atoms with Gasteiger partial charge in [-0.25, -0.2) is 4.79 Å². The number of non-ortho nitro benzene ring substituents is 1. The van der Waals surface area contributed by atoms with Crippen molar-refractivity contribution in [1.29, 1.82) is 0 Å². The van der Waals surface area contributed by atoms with E-state index in [1.165, 1.54) is 12.1 Å². The summed E-state index contributed by atoms with van der Waals surface area (Å²) in [4.78, 5) is 32.2. The van der Waals surface area contributed by atoms with Gasteiger partial charge in [0.2, 0.25) is 0 Å². The molecule has 0 spiro atoms. The minimum atomic E-state index is -0.560. The number of amidine groups is 1. The quantitative estimate of drug-likeness (QED) is 0.316. The van der Waals surface area contributed by atoms with Crippen molar-refractivity contribution in [1.82, 2.24) is 5.48 Å². The summed E-state index contributed by atoms with van der Waals surface area (Å²) in [5.74, 6) is -0.266. The minimum absolute atomic E-state index is 0.0348. The summed E-state index contributed by atoms with van der Waals surface area (Å²) in [5, 5.41) is 10.9. The summed E-state index contributed by atoms with van der Waals surface area (Å²) in [6.07, 6.45) is 0. The molecule has 0 unspecified atom stereocenters. The lowest BCUT2D eigenvalue weighted by atomic mass is 10.2. The van der Waals surface area contributed by atoms with Gasteiger partial charge in [-0.05, 0) is 29.8 Å². The van der Waals surface area contributed by atoms with Crippen LogP contribution in [0.2, 0.25) is 0 Å². The number of hydrogen-bond donors (Lipinski definition) is 1. The van der Waals surface area contributed by atoms with Gasteiger partial charge in [0, 0.05) is 17.7 Å². The molecule has 0 saturated carbocycles. The summed E-state index contributed by atoms with van der Waals surface area (Å²) in [6.45, 7) is 0.350. The number of nitro benzene ring substituents is 1. The Balaban J connectivity index is 1.79. The van der Waals surface area contributed by atoms with Crippen LogP contribution in [0.3, 0.4) is 0 Å². The molecule has 0 aliphatic rings. The SMILES string of the molecule is O=C(ONC(=NCc1ccccc1)c1ccc([N+](=O)[O-])cc1)c1ccccc1. The van der Waals surface area contributed by atoms with Gasteiger partial charge in [-0.1, -0.05) is 48.5 Å². The van der Waals surface area contributed by atoms with Crippen molar-refractivity contribution >= 4 is 17.5 Å². The first kappa shape index (κ1) is 18.8. The first-order chi connectivity index (χ1) is 13.6. The van der Waals surface area contributed by atoms with E-state index in [2.05, 4.69) is 10.5 Å². The zero-order chi connectivity index (χ0) is 19.8. The van der Waals surface area contributed by atoms with Crippen molar-refractivity contribution in [2.45, 2.75) is 6.54 Å². The Kier molecular flexibility index (Phi) is 6.10. The van der Waals surface area contributed by atoms with Crippen LogP contribution in [0, 0.1) is 10.1 Å². The number of carbonyl (C=O) groups is 1. The molecule has 0 radical (unpaired) electrons. The molecule has 7 nitrogen and oxygen atoms in total. The van der Waals surface area contributed by atoms with E-state index in [0.29, 0.717) is 23.5 Å². The monoisotopic (exact) mass is 375 g/mol. The van der Waals surface area contributed by atoms with Crippen molar-refractivity contribution in [3.05, 3.63) is 112 Å². The molecule has 28 heavy (non-hydrogen) atoms. The third-order valence-electron chi connectivity index (χ3n) is 3.86. The standard InChI is InChI=1S/C21H17N3O4/c25-21(18-9-5-2-6-10-18)28-23-20(22-15-16-7-3-1-4-8-16)17-11-13-19(14-12-17)24(26)27/h1-14H,15H2,(H,22,23). The second-order valence-electron chi connectivity index (χ2n) is 5.81. The van der Waals surface area contributed by atoms with Crippen LogP contribution in [-0.2, 0) is 11.4 Å². The molecule has 0 bridgehead atoms. The van der Waals surface area contributed by atoms with Crippen molar-refractivity contribution in [3.63, 3.8) is 0 Å². The molecular weight excluding hydrogens is 358 g/mol. The molecule has 0 atom stereocenters. The zero-order valence-corrected chi connectivity index (χ0v) is 14.8. The van der Waals surface area contributed by atoms with Crippen LogP contribution in [0.25, 0.3) is 0 Å².